The van der Waals surface area contributed by atoms with Crippen molar-refractivity contribution in [1.29, 1.82) is 0 Å². The van der Waals surface area contributed by atoms with Gasteiger partial charge in [-0.2, -0.15) is 0 Å². The molecule has 9 nitrogen and oxygen atoms in total. The van der Waals surface area contributed by atoms with Crippen LogP contribution in [0.15, 0.2) is 48.5 Å². The van der Waals surface area contributed by atoms with Crippen LogP contribution >= 0.6 is 12.2 Å². The first kappa shape index (κ1) is 27.6. The van der Waals surface area contributed by atoms with E-state index in [4.69, 9.17) is 26.4 Å². The number of amides is 2. The molecule has 0 heterocycles. The van der Waals surface area contributed by atoms with E-state index in [-0.39, 0.29) is 11.7 Å². The van der Waals surface area contributed by atoms with Crippen molar-refractivity contribution >= 4 is 35.1 Å². The predicted octanol–water partition coefficient (Wildman–Crippen LogP) is 3.54. The summed E-state index contributed by atoms with van der Waals surface area (Å²) in [6.45, 7) is 4.73. The van der Waals surface area contributed by atoms with Gasteiger partial charge in [-0.3, -0.25) is 25.8 Å². The average Bonchev–Trinajstić information content (AvgIpc) is 2.88. The van der Waals surface area contributed by atoms with Crippen LogP contribution in [0.4, 0.5) is 0 Å². The van der Waals surface area contributed by atoms with Crippen LogP contribution in [0.3, 0.4) is 0 Å². The smallest absolute Gasteiger partial charge is 0.338 e. The fraction of sp³-hybridized carbons (Fsp3) is 0.360. The second kappa shape index (κ2) is 15.3. The van der Waals surface area contributed by atoms with E-state index in [0.717, 1.165) is 25.7 Å². The molecule has 0 spiro atoms. The van der Waals surface area contributed by atoms with Crippen molar-refractivity contribution in [3.8, 4) is 11.5 Å². The van der Waals surface area contributed by atoms with E-state index in [0.29, 0.717) is 35.8 Å². The highest BCUT2D eigenvalue weighted by atomic mass is 32.1. The highest BCUT2D eigenvalue weighted by molar-refractivity contribution is 7.80. The fourth-order valence-electron chi connectivity index (χ4n) is 2.73. The Hall–Kier alpha value is -3.66. The first-order chi connectivity index (χ1) is 16.9. The zero-order valence-corrected chi connectivity index (χ0v) is 20.7. The molecule has 0 saturated carbocycles. The van der Waals surface area contributed by atoms with Crippen LogP contribution in [0.1, 0.15) is 60.2 Å². The summed E-state index contributed by atoms with van der Waals surface area (Å²) in [6.07, 6.45) is 3.95. The predicted molar refractivity (Wildman–Crippen MR) is 135 cm³/mol. The molecule has 2 rings (SSSR count). The normalized spacial score (nSPS) is 10.1. The lowest BCUT2D eigenvalue weighted by Crippen LogP contribution is -2.49. The topological polar surface area (TPSA) is 115 Å². The van der Waals surface area contributed by atoms with E-state index >= 15 is 0 Å². The molecule has 0 aliphatic rings. The van der Waals surface area contributed by atoms with Crippen LogP contribution in [-0.2, 0) is 9.53 Å². The number of nitrogens with one attached hydrogen (secondary N) is 3. The largest absolute Gasteiger partial charge is 0.494 e. The molecular weight excluding hydrogens is 470 g/mol. The molecule has 10 heteroatoms. The van der Waals surface area contributed by atoms with Gasteiger partial charge in [0.05, 0.1) is 18.8 Å². The highest BCUT2D eigenvalue weighted by Gasteiger charge is 2.10. The van der Waals surface area contributed by atoms with Crippen LogP contribution in [0, 0.1) is 0 Å². The Balaban J connectivity index is 1.68. The molecule has 2 aromatic carbocycles. The molecule has 0 unspecified atom stereocenters. The Morgan fingerprint density at radius 2 is 1.40 bits per heavy atom. The summed E-state index contributed by atoms with van der Waals surface area (Å²) in [7, 11) is 0. The molecule has 188 valence electrons. The Labute approximate surface area is 210 Å². The van der Waals surface area contributed by atoms with Crippen molar-refractivity contribution in [2.75, 3.05) is 19.8 Å². The number of ether oxygens (including phenoxy) is 3. The summed E-state index contributed by atoms with van der Waals surface area (Å²) < 4.78 is 16.0. The third-order valence-corrected chi connectivity index (χ3v) is 4.78. The summed E-state index contributed by atoms with van der Waals surface area (Å²) in [6, 6.07) is 12.9. The van der Waals surface area contributed by atoms with E-state index in [1.807, 2.05) is 6.92 Å². The minimum Gasteiger partial charge on any atom is -0.494 e. The SMILES string of the molecule is CCCCCOc1ccc(C(=O)NC(=S)NNC(=O)COc2ccc(C(=O)OCCC)cc2)cc1. The molecule has 3 N–H and O–H groups in total. The van der Waals surface area contributed by atoms with E-state index < -0.39 is 17.8 Å². The van der Waals surface area contributed by atoms with Gasteiger partial charge in [0.25, 0.3) is 11.8 Å². The molecular formula is C25H31N3O6S. The van der Waals surface area contributed by atoms with Gasteiger partial charge in [-0.25, -0.2) is 4.79 Å². The molecule has 35 heavy (non-hydrogen) atoms. The van der Waals surface area contributed by atoms with Crippen molar-refractivity contribution < 1.29 is 28.6 Å². The zero-order valence-electron chi connectivity index (χ0n) is 19.9. The first-order valence-electron chi connectivity index (χ1n) is 11.5. The van der Waals surface area contributed by atoms with Crippen LogP contribution < -0.4 is 25.6 Å². The van der Waals surface area contributed by atoms with E-state index in [2.05, 4.69) is 23.1 Å². The maximum absolute atomic E-state index is 12.3. The Bertz CT molecular complexity index is 980. The number of carbonyl (C=O) groups excluding carboxylic acids is 3. The molecule has 2 aromatic rings. The number of carbonyl (C=O) groups is 3. The van der Waals surface area contributed by atoms with Gasteiger partial charge >= 0.3 is 5.97 Å². The average molecular weight is 502 g/mol. The van der Waals surface area contributed by atoms with Crippen molar-refractivity contribution in [2.24, 2.45) is 0 Å². The summed E-state index contributed by atoms with van der Waals surface area (Å²) in [5.74, 6) is -0.263. The number of unbranched alkanes of at least 4 members (excludes halogenated alkanes) is 2. The summed E-state index contributed by atoms with van der Waals surface area (Å²) in [5.41, 5.74) is 5.58. The summed E-state index contributed by atoms with van der Waals surface area (Å²) >= 11 is 5.04. The number of rotatable bonds is 12. The molecule has 0 atom stereocenters. The first-order valence-corrected chi connectivity index (χ1v) is 11.9. The zero-order chi connectivity index (χ0) is 25.5. The lowest BCUT2D eigenvalue weighted by molar-refractivity contribution is -0.123. The molecule has 0 radical (unpaired) electrons. The maximum atomic E-state index is 12.3. The molecule has 0 bridgehead atoms. The molecule has 0 aromatic heterocycles. The molecule has 2 amide bonds. The second-order valence-corrected chi connectivity index (χ2v) is 7.89. The fourth-order valence-corrected chi connectivity index (χ4v) is 2.87. The monoisotopic (exact) mass is 501 g/mol. The standard InChI is InChI=1S/C25H31N3O6S/c1-3-5-6-16-32-20-11-7-18(8-12-20)23(30)26-25(35)28-27-22(29)17-34-21-13-9-19(10-14-21)24(31)33-15-4-2/h7-14H,3-6,15-17H2,1-2H3,(H,27,29)(H2,26,28,30,35). The molecule has 0 saturated heterocycles. The lowest BCUT2D eigenvalue weighted by atomic mass is 10.2. The van der Waals surface area contributed by atoms with E-state index in [1.54, 1.807) is 48.5 Å². The summed E-state index contributed by atoms with van der Waals surface area (Å²) in [5, 5.41) is 2.41. The number of esters is 1. The van der Waals surface area contributed by atoms with Crippen molar-refractivity contribution in [3.63, 3.8) is 0 Å². The van der Waals surface area contributed by atoms with Gasteiger partial charge in [0, 0.05) is 5.56 Å². The van der Waals surface area contributed by atoms with Gasteiger partial charge < -0.3 is 14.2 Å². The van der Waals surface area contributed by atoms with Crippen LogP contribution in [0.2, 0.25) is 0 Å². The number of thiocarbonyl (C=S) groups is 1. The van der Waals surface area contributed by atoms with Gasteiger partial charge in [-0.15, -0.1) is 0 Å². The quantitative estimate of drug-likeness (QED) is 0.175. The highest BCUT2D eigenvalue weighted by Crippen LogP contribution is 2.14. The third-order valence-electron chi connectivity index (χ3n) is 4.57. The Morgan fingerprint density at radius 1 is 0.771 bits per heavy atom. The maximum Gasteiger partial charge on any atom is 0.338 e. The van der Waals surface area contributed by atoms with Crippen LogP contribution in [0.25, 0.3) is 0 Å². The Morgan fingerprint density at radius 3 is 2.03 bits per heavy atom. The third kappa shape index (κ3) is 10.4. The van der Waals surface area contributed by atoms with Gasteiger partial charge in [-0.1, -0.05) is 26.7 Å². The van der Waals surface area contributed by atoms with Gasteiger partial charge in [0.1, 0.15) is 11.5 Å². The Kier molecular flexibility index (Phi) is 12.0. The summed E-state index contributed by atoms with van der Waals surface area (Å²) in [4.78, 5) is 36.1. The van der Waals surface area contributed by atoms with Crippen molar-refractivity contribution in [3.05, 3.63) is 59.7 Å². The number of benzene rings is 2. The molecule has 0 aliphatic heterocycles. The second-order valence-electron chi connectivity index (χ2n) is 7.49. The van der Waals surface area contributed by atoms with Gasteiger partial charge in [0.2, 0.25) is 0 Å². The van der Waals surface area contributed by atoms with Gasteiger partial charge in [-0.05, 0) is 73.6 Å². The van der Waals surface area contributed by atoms with E-state index in [1.165, 1.54) is 0 Å². The number of hydrogen-bond donors (Lipinski definition) is 3. The minimum absolute atomic E-state index is 0.0711. The van der Waals surface area contributed by atoms with Crippen molar-refractivity contribution in [2.45, 2.75) is 39.5 Å². The van der Waals surface area contributed by atoms with E-state index in [9.17, 15) is 14.4 Å². The van der Waals surface area contributed by atoms with Crippen LogP contribution in [0.5, 0.6) is 11.5 Å². The molecule has 0 fully saturated rings. The minimum atomic E-state index is -0.516. The van der Waals surface area contributed by atoms with Gasteiger partial charge in [0.15, 0.2) is 11.7 Å². The number of hydrogen-bond acceptors (Lipinski definition) is 7. The lowest BCUT2D eigenvalue weighted by Gasteiger charge is -2.12. The van der Waals surface area contributed by atoms with Crippen molar-refractivity contribution in [1.82, 2.24) is 16.2 Å². The molecule has 0 aliphatic carbocycles. The van der Waals surface area contributed by atoms with Crippen LogP contribution in [-0.4, -0.2) is 42.7 Å². The number of hydrazine groups is 1.